The van der Waals surface area contributed by atoms with Crippen molar-refractivity contribution in [2.75, 3.05) is 30.9 Å². The number of halogens is 1. The maximum absolute atomic E-state index is 12.9. The molecule has 0 aromatic heterocycles. The summed E-state index contributed by atoms with van der Waals surface area (Å²) < 4.78 is 28.4. The molecule has 0 spiro atoms. The first-order valence-electron chi connectivity index (χ1n) is 11.2. The fraction of sp³-hybridized carbons (Fsp3) is 0.458. The largest absolute Gasteiger partial charge is 0.352 e. The van der Waals surface area contributed by atoms with Gasteiger partial charge in [0.15, 0.2) is 0 Å². The van der Waals surface area contributed by atoms with Gasteiger partial charge >= 0.3 is 0 Å². The minimum Gasteiger partial charge on any atom is -0.352 e. The van der Waals surface area contributed by atoms with Gasteiger partial charge in [-0.3, -0.25) is 9.52 Å². The van der Waals surface area contributed by atoms with Crippen LogP contribution in [0.1, 0.15) is 53.6 Å². The van der Waals surface area contributed by atoms with E-state index in [1.54, 1.807) is 18.2 Å². The van der Waals surface area contributed by atoms with Crippen molar-refractivity contribution in [3.63, 3.8) is 0 Å². The molecule has 0 bridgehead atoms. The second-order valence-electron chi connectivity index (χ2n) is 8.42. The van der Waals surface area contributed by atoms with E-state index in [-0.39, 0.29) is 21.4 Å². The van der Waals surface area contributed by atoms with Crippen LogP contribution in [0.5, 0.6) is 0 Å². The van der Waals surface area contributed by atoms with Gasteiger partial charge in [0.2, 0.25) is 0 Å². The molecule has 6 nitrogen and oxygen atoms in total. The van der Waals surface area contributed by atoms with E-state index in [9.17, 15) is 13.2 Å². The van der Waals surface area contributed by atoms with E-state index in [2.05, 4.69) is 14.9 Å². The first kappa shape index (κ1) is 24.6. The van der Waals surface area contributed by atoms with E-state index in [1.807, 2.05) is 19.9 Å². The molecule has 1 aliphatic heterocycles. The SMILES string of the molecule is Cc1ccc(NS(=O)(=O)c2cc(C(=O)NCCCN3CCCCCC3)ccc2Cl)cc1C. The summed E-state index contributed by atoms with van der Waals surface area (Å²) in [5.74, 6) is -0.305. The number of aryl methyl sites for hydroxylation is 2. The summed E-state index contributed by atoms with van der Waals surface area (Å²) in [6.45, 7) is 7.62. The predicted octanol–water partition coefficient (Wildman–Crippen LogP) is 4.75. The first-order chi connectivity index (χ1) is 15.3. The molecule has 1 heterocycles. The molecule has 8 heteroatoms. The van der Waals surface area contributed by atoms with Gasteiger partial charge in [-0.15, -0.1) is 0 Å². The zero-order chi connectivity index (χ0) is 23.1. The molecule has 0 saturated carbocycles. The van der Waals surface area contributed by atoms with Gasteiger partial charge in [-0.25, -0.2) is 8.42 Å². The first-order valence-corrected chi connectivity index (χ1v) is 13.0. The summed E-state index contributed by atoms with van der Waals surface area (Å²) in [5, 5.41) is 2.96. The van der Waals surface area contributed by atoms with Crippen LogP contribution in [0.25, 0.3) is 0 Å². The van der Waals surface area contributed by atoms with Crippen molar-refractivity contribution in [2.45, 2.75) is 50.8 Å². The number of sulfonamides is 1. The van der Waals surface area contributed by atoms with Crippen LogP contribution in [0.2, 0.25) is 5.02 Å². The topological polar surface area (TPSA) is 78.5 Å². The third-order valence-electron chi connectivity index (χ3n) is 5.88. The summed E-state index contributed by atoms with van der Waals surface area (Å²) in [5.41, 5.74) is 2.77. The number of rotatable bonds is 8. The Kier molecular flexibility index (Phi) is 8.57. The minimum atomic E-state index is -3.94. The Hall–Kier alpha value is -2.09. The van der Waals surface area contributed by atoms with Crippen LogP contribution < -0.4 is 10.0 Å². The van der Waals surface area contributed by atoms with Gasteiger partial charge in [0.05, 0.1) is 5.02 Å². The molecule has 3 rings (SSSR count). The normalized spacial score (nSPS) is 15.2. The summed E-state index contributed by atoms with van der Waals surface area (Å²) >= 11 is 6.18. The van der Waals surface area contributed by atoms with Gasteiger partial charge in [0, 0.05) is 17.8 Å². The molecule has 32 heavy (non-hydrogen) atoms. The van der Waals surface area contributed by atoms with Crippen LogP contribution in [-0.2, 0) is 10.0 Å². The lowest BCUT2D eigenvalue weighted by Crippen LogP contribution is -2.30. The lowest BCUT2D eigenvalue weighted by atomic mass is 10.1. The van der Waals surface area contributed by atoms with Gasteiger partial charge < -0.3 is 10.2 Å². The summed E-state index contributed by atoms with van der Waals surface area (Å²) in [7, 11) is -3.94. The number of amides is 1. The lowest BCUT2D eigenvalue weighted by Gasteiger charge is -2.19. The third-order valence-corrected chi connectivity index (χ3v) is 7.74. The highest BCUT2D eigenvalue weighted by atomic mass is 35.5. The number of anilines is 1. The molecular formula is C24H32ClN3O3S. The number of carbonyl (C=O) groups is 1. The van der Waals surface area contributed by atoms with E-state index >= 15 is 0 Å². The van der Waals surface area contributed by atoms with Crippen molar-refractivity contribution in [1.82, 2.24) is 10.2 Å². The fourth-order valence-corrected chi connectivity index (χ4v) is 5.41. The van der Waals surface area contributed by atoms with Crippen LogP contribution >= 0.6 is 11.6 Å². The number of likely N-dealkylation sites (tertiary alicyclic amines) is 1. The van der Waals surface area contributed by atoms with Crippen molar-refractivity contribution in [3.05, 3.63) is 58.1 Å². The Bertz CT molecular complexity index is 1050. The van der Waals surface area contributed by atoms with Gasteiger partial charge in [-0.2, -0.15) is 0 Å². The zero-order valence-electron chi connectivity index (χ0n) is 18.8. The van der Waals surface area contributed by atoms with Crippen LogP contribution in [0.15, 0.2) is 41.3 Å². The predicted molar refractivity (Wildman–Crippen MR) is 130 cm³/mol. The molecule has 0 unspecified atom stereocenters. The quantitative estimate of drug-likeness (QED) is 0.537. The second kappa shape index (κ2) is 11.2. The lowest BCUT2D eigenvalue weighted by molar-refractivity contribution is 0.0951. The molecule has 1 aliphatic rings. The fourth-order valence-electron chi connectivity index (χ4n) is 3.83. The van der Waals surface area contributed by atoms with Crippen molar-refractivity contribution in [1.29, 1.82) is 0 Å². The minimum absolute atomic E-state index is 0.0686. The molecule has 0 radical (unpaired) electrons. The Morgan fingerprint density at radius 1 is 1.00 bits per heavy atom. The Morgan fingerprint density at radius 3 is 2.41 bits per heavy atom. The van der Waals surface area contributed by atoms with Crippen LogP contribution in [0.3, 0.4) is 0 Å². The molecular weight excluding hydrogens is 446 g/mol. The number of carbonyl (C=O) groups excluding carboxylic acids is 1. The van der Waals surface area contributed by atoms with Crippen LogP contribution in [-0.4, -0.2) is 45.4 Å². The molecule has 2 aromatic rings. The van der Waals surface area contributed by atoms with E-state index in [1.165, 1.54) is 37.8 Å². The third kappa shape index (κ3) is 6.70. The van der Waals surface area contributed by atoms with Gasteiger partial charge in [0.25, 0.3) is 15.9 Å². The highest BCUT2D eigenvalue weighted by Gasteiger charge is 2.21. The standard InChI is InChI=1S/C24H32ClN3O3S/c1-18-8-10-21(16-19(18)2)27-32(30,31)23-17-20(9-11-22(23)25)24(29)26-12-7-15-28-13-5-3-4-6-14-28/h8-11,16-17,27H,3-7,12-15H2,1-2H3,(H,26,29). The number of nitrogens with zero attached hydrogens (tertiary/aromatic N) is 1. The van der Waals surface area contributed by atoms with E-state index in [0.717, 1.165) is 37.2 Å². The molecule has 1 fully saturated rings. The van der Waals surface area contributed by atoms with Crippen LogP contribution in [0.4, 0.5) is 5.69 Å². The molecule has 2 aromatic carbocycles. The number of hydrogen-bond donors (Lipinski definition) is 2. The van der Waals surface area contributed by atoms with Gasteiger partial charge in [0.1, 0.15) is 4.90 Å². The Labute approximate surface area is 196 Å². The Balaban J connectivity index is 1.62. The highest BCUT2D eigenvalue weighted by molar-refractivity contribution is 7.92. The van der Waals surface area contributed by atoms with Crippen molar-refractivity contribution < 1.29 is 13.2 Å². The molecule has 174 valence electrons. The summed E-state index contributed by atoms with van der Waals surface area (Å²) in [6, 6.07) is 9.64. The van der Waals surface area contributed by atoms with Crippen molar-refractivity contribution in [2.24, 2.45) is 0 Å². The monoisotopic (exact) mass is 477 g/mol. The molecule has 0 atom stereocenters. The zero-order valence-corrected chi connectivity index (χ0v) is 20.4. The van der Waals surface area contributed by atoms with E-state index in [0.29, 0.717) is 12.2 Å². The van der Waals surface area contributed by atoms with Crippen LogP contribution in [0, 0.1) is 13.8 Å². The molecule has 2 N–H and O–H groups in total. The summed E-state index contributed by atoms with van der Waals surface area (Å²) in [4.78, 5) is 14.9. The second-order valence-corrected chi connectivity index (χ2v) is 10.5. The van der Waals surface area contributed by atoms with Gasteiger partial charge in [-0.1, -0.05) is 30.5 Å². The Morgan fingerprint density at radius 2 is 1.72 bits per heavy atom. The molecule has 1 saturated heterocycles. The maximum atomic E-state index is 12.9. The van der Waals surface area contributed by atoms with E-state index in [4.69, 9.17) is 11.6 Å². The summed E-state index contributed by atoms with van der Waals surface area (Å²) in [6.07, 6.45) is 5.94. The average molecular weight is 478 g/mol. The number of hydrogen-bond acceptors (Lipinski definition) is 4. The average Bonchev–Trinajstić information content (AvgIpc) is 3.02. The maximum Gasteiger partial charge on any atom is 0.263 e. The van der Waals surface area contributed by atoms with E-state index < -0.39 is 10.0 Å². The number of benzene rings is 2. The van der Waals surface area contributed by atoms with Crippen molar-refractivity contribution >= 4 is 33.2 Å². The van der Waals surface area contributed by atoms with Crippen molar-refractivity contribution in [3.8, 4) is 0 Å². The smallest absolute Gasteiger partial charge is 0.263 e. The molecule has 1 amide bonds. The molecule has 0 aliphatic carbocycles. The number of nitrogens with one attached hydrogen (secondary N) is 2. The highest BCUT2D eigenvalue weighted by Crippen LogP contribution is 2.26. The van der Waals surface area contributed by atoms with Gasteiger partial charge in [-0.05, 0) is 94.2 Å².